The van der Waals surface area contributed by atoms with Crippen molar-refractivity contribution >= 4 is 27.4 Å². The highest BCUT2D eigenvalue weighted by Crippen LogP contribution is 2.20. The first-order valence-electron chi connectivity index (χ1n) is 7.67. The second kappa shape index (κ2) is 6.83. The van der Waals surface area contributed by atoms with Gasteiger partial charge in [-0.05, 0) is 61.4 Å². The number of carbonyl (C=O) groups excluding carboxylic acids is 1. The van der Waals surface area contributed by atoms with Crippen LogP contribution in [0.15, 0.2) is 53.4 Å². The molecule has 1 aliphatic carbocycles. The van der Waals surface area contributed by atoms with Crippen molar-refractivity contribution in [3.05, 3.63) is 54.1 Å². The first-order valence-corrected chi connectivity index (χ1v) is 9.15. The third-order valence-electron chi connectivity index (χ3n) is 3.60. The van der Waals surface area contributed by atoms with Crippen molar-refractivity contribution in [2.75, 3.05) is 10.0 Å². The van der Waals surface area contributed by atoms with E-state index in [0.717, 1.165) is 12.8 Å². The van der Waals surface area contributed by atoms with Crippen molar-refractivity contribution in [2.45, 2.75) is 23.8 Å². The second-order valence-corrected chi connectivity index (χ2v) is 7.37. The van der Waals surface area contributed by atoms with Gasteiger partial charge in [0.15, 0.2) is 0 Å². The summed E-state index contributed by atoms with van der Waals surface area (Å²) in [7, 11) is -3.74. The lowest BCUT2D eigenvalue weighted by Gasteiger charge is -2.10. The molecule has 2 aromatic rings. The molecule has 2 amide bonds. The summed E-state index contributed by atoms with van der Waals surface area (Å²) in [4.78, 5) is 11.7. The van der Waals surface area contributed by atoms with Gasteiger partial charge in [0.25, 0.3) is 10.0 Å². The first kappa shape index (κ1) is 16.8. The quantitative estimate of drug-likeness (QED) is 0.764. The lowest BCUT2D eigenvalue weighted by molar-refractivity contribution is 0.251. The van der Waals surface area contributed by atoms with Gasteiger partial charge in [-0.25, -0.2) is 13.2 Å². The van der Waals surface area contributed by atoms with Crippen molar-refractivity contribution in [1.82, 2.24) is 5.32 Å². The van der Waals surface area contributed by atoms with Gasteiger partial charge >= 0.3 is 6.03 Å². The Morgan fingerprint density at radius 2 is 1.60 bits per heavy atom. The van der Waals surface area contributed by atoms with Gasteiger partial charge in [0.05, 0.1) is 16.5 Å². The van der Waals surface area contributed by atoms with Gasteiger partial charge in [-0.2, -0.15) is 5.26 Å². The Hall–Kier alpha value is -3.05. The monoisotopic (exact) mass is 356 g/mol. The molecule has 0 heterocycles. The van der Waals surface area contributed by atoms with Crippen LogP contribution in [-0.4, -0.2) is 20.5 Å². The molecule has 25 heavy (non-hydrogen) atoms. The van der Waals surface area contributed by atoms with Gasteiger partial charge in [-0.3, -0.25) is 4.72 Å². The van der Waals surface area contributed by atoms with Gasteiger partial charge in [-0.15, -0.1) is 0 Å². The minimum absolute atomic E-state index is 0.0671. The molecule has 0 aromatic heterocycles. The molecular formula is C17H16N4O3S. The fourth-order valence-electron chi connectivity index (χ4n) is 2.12. The standard InChI is InChI=1S/C17H16N4O3S/c18-11-12-1-9-16(10-2-12)25(23,24)21-15-7-5-14(6-8-15)20-17(22)19-13-3-4-13/h1-2,5-10,13,21H,3-4H2,(H2,19,20,22). The van der Waals surface area contributed by atoms with Crippen molar-refractivity contribution in [1.29, 1.82) is 5.26 Å². The van der Waals surface area contributed by atoms with Gasteiger partial charge in [0, 0.05) is 17.4 Å². The number of sulfonamides is 1. The average Bonchev–Trinajstić information content (AvgIpc) is 3.40. The Balaban J connectivity index is 1.65. The molecule has 8 heteroatoms. The van der Waals surface area contributed by atoms with Gasteiger partial charge in [-0.1, -0.05) is 0 Å². The van der Waals surface area contributed by atoms with Crippen LogP contribution in [0.4, 0.5) is 16.2 Å². The van der Waals surface area contributed by atoms with E-state index in [2.05, 4.69) is 15.4 Å². The fraction of sp³-hybridized carbons (Fsp3) is 0.176. The van der Waals surface area contributed by atoms with E-state index < -0.39 is 10.0 Å². The molecule has 3 N–H and O–H groups in total. The molecule has 0 aliphatic heterocycles. The summed E-state index contributed by atoms with van der Waals surface area (Å²) in [5.74, 6) is 0. The minimum Gasteiger partial charge on any atom is -0.335 e. The molecule has 3 rings (SSSR count). The topological polar surface area (TPSA) is 111 Å². The summed E-state index contributed by atoms with van der Waals surface area (Å²) < 4.78 is 27.1. The van der Waals surface area contributed by atoms with E-state index in [0.29, 0.717) is 16.9 Å². The number of carbonyl (C=O) groups is 1. The molecule has 1 fully saturated rings. The highest BCUT2D eigenvalue weighted by atomic mass is 32.2. The van der Waals surface area contributed by atoms with Crippen molar-refractivity contribution in [3.8, 4) is 6.07 Å². The lowest BCUT2D eigenvalue weighted by atomic mass is 10.2. The van der Waals surface area contributed by atoms with E-state index in [9.17, 15) is 13.2 Å². The SMILES string of the molecule is N#Cc1ccc(S(=O)(=O)Nc2ccc(NC(=O)NC3CC3)cc2)cc1. The molecule has 0 bridgehead atoms. The number of benzene rings is 2. The maximum atomic E-state index is 12.3. The number of nitriles is 1. The zero-order valence-corrected chi connectivity index (χ0v) is 14.0. The van der Waals surface area contributed by atoms with E-state index in [1.54, 1.807) is 24.3 Å². The van der Waals surface area contributed by atoms with E-state index in [-0.39, 0.29) is 17.0 Å². The van der Waals surface area contributed by atoms with Crippen molar-refractivity contribution in [2.24, 2.45) is 0 Å². The Kier molecular flexibility index (Phi) is 4.59. The molecular weight excluding hydrogens is 340 g/mol. The van der Waals surface area contributed by atoms with Crippen LogP contribution < -0.4 is 15.4 Å². The molecule has 7 nitrogen and oxygen atoms in total. The molecule has 1 saturated carbocycles. The number of hydrogen-bond acceptors (Lipinski definition) is 4. The third kappa shape index (κ3) is 4.49. The number of hydrogen-bond donors (Lipinski definition) is 3. The van der Waals surface area contributed by atoms with Crippen LogP contribution in [0, 0.1) is 11.3 Å². The maximum absolute atomic E-state index is 12.3. The van der Waals surface area contributed by atoms with E-state index in [1.165, 1.54) is 24.3 Å². The number of nitrogens with zero attached hydrogens (tertiary/aromatic N) is 1. The number of urea groups is 1. The molecule has 0 saturated heterocycles. The van der Waals surface area contributed by atoms with Gasteiger partial charge in [0.1, 0.15) is 0 Å². The van der Waals surface area contributed by atoms with E-state index in [4.69, 9.17) is 5.26 Å². The molecule has 128 valence electrons. The summed E-state index contributed by atoms with van der Waals surface area (Å²) in [6.07, 6.45) is 2.01. The highest BCUT2D eigenvalue weighted by Gasteiger charge is 2.23. The highest BCUT2D eigenvalue weighted by molar-refractivity contribution is 7.92. The zero-order valence-electron chi connectivity index (χ0n) is 13.2. The summed E-state index contributed by atoms with van der Waals surface area (Å²) in [5, 5.41) is 14.2. The Morgan fingerprint density at radius 1 is 1.00 bits per heavy atom. The zero-order chi connectivity index (χ0) is 17.9. The van der Waals surface area contributed by atoms with Crippen molar-refractivity contribution < 1.29 is 13.2 Å². The largest absolute Gasteiger partial charge is 0.335 e. The summed E-state index contributed by atoms with van der Waals surface area (Å²) in [6, 6.07) is 13.9. The number of amides is 2. The van der Waals surface area contributed by atoms with E-state index in [1.807, 2.05) is 6.07 Å². The Bertz CT molecular complexity index is 912. The molecule has 0 radical (unpaired) electrons. The lowest BCUT2D eigenvalue weighted by Crippen LogP contribution is -2.30. The molecule has 0 unspecified atom stereocenters. The van der Waals surface area contributed by atoms with Crippen LogP contribution in [0.2, 0.25) is 0 Å². The predicted octanol–water partition coefficient (Wildman–Crippen LogP) is 2.64. The molecule has 0 atom stereocenters. The van der Waals surface area contributed by atoms with Crippen molar-refractivity contribution in [3.63, 3.8) is 0 Å². The maximum Gasteiger partial charge on any atom is 0.319 e. The Labute approximate surface area is 145 Å². The smallest absolute Gasteiger partial charge is 0.319 e. The van der Waals surface area contributed by atoms with Crippen LogP contribution in [0.1, 0.15) is 18.4 Å². The number of anilines is 2. The first-order chi connectivity index (χ1) is 12.0. The van der Waals surface area contributed by atoms with E-state index >= 15 is 0 Å². The van der Waals surface area contributed by atoms with Crippen LogP contribution in [0.5, 0.6) is 0 Å². The average molecular weight is 356 g/mol. The molecule has 2 aromatic carbocycles. The Morgan fingerprint density at radius 3 is 2.16 bits per heavy atom. The fourth-order valence-corrected chi connectivity index (χ4v) is 3.18. The summed E-state index contributed by atoms with van der Waals surface area (Å²) >= 11 is 0. The third-order valence-corrected chi connectivity index (χ3v) is 5.00. The normalized spacial score (nSPS) is 13.6. The summed E-state index contributed by atoms with van der Waals surface area (Å²) in [5.41, 5.74) is 1.33. The second-order valence-electron chi connectivity index (χ2n) is 5.69. The molecule has 1 aliphatic rings. The van der Waals surface area contributed by atoms with Crippen LogP contribution in [-0.2, 0) is 10.0 Å². The predicted molar refractivity (Wildman–Crippen MR) is 93.6 cm³/mol. The van der Waals surface area contributed by atoms with Crippen LogP contribution in [0.3, 0.4) is 0 Å². The number of rotatable bonds is 5. The minimum atomic E-state index is -3.74. The molecule has 0 spiro atoms. The van der Waals surface area contributed by atoms with Crippen LogP contribution in [0.25, 0.3) is 0 Å². The van der Waals surface area contributed by atoms with Gasteiger partial charge in [0.2, 0.25) is 0 Å². The number of nitrogens with one attached hydrogen (secondary N) is 3. The van der Waals surface area contributed by atoms with Crippen LogP contribution >= 0.6 is 0 Å². The summed E-state index contributed by atoms with van der Waals surface area (Å²) in [6.45, 7) is 0. The van der Waals surface area contributed by atoms with Gasteiger partial charge < -0.3 is 10.6 Å².